The molecule has 3 rings (SSSR count). The number of benzene rings is 2. The van der Waals surface area contributed by atoms with Crippen LogP contribution in [0.4, 0.5) is 0 Å². The highest BCUT2D eigenvalue weighted by molar-refractivity contribution is 5.81. The lowest BCUT2D eigenvalue weighted by Gasteiger charge is -2.20. The maximum atomic E-state index is 12.6. The highest BCUT2D eigenvalue weighted by atomic mass is 16.5. The molecule has 2 aromatic carbocycles. The lowest BCUT2D eigenvalue weighted by atomic mass is 9.92. The first-order valence-electron chi connectivity index (χ1n) is 11.0. The highest BCUT2D eigenvalue weighted by Crippen LogP contribution is 2.30. The van der Waals surface area contributed by atoms with E-state index in [1.54, 1.807) is 26.4 Å². The van der Waals surface area contributed by atoms with Gasteiger partial charge in [0.1, 0.15) is 12.6 Å². The molecule has 3 aromatic rings. The summed E-state index contributed by atoms with van der Waals surface area (Å²) in [4.78, 5) is 20.2. The number of aromatic nitrogens is 2. The lowest BCUT2D eigenvalue weighted by molar-refractivity contribution is -0.718. The third kappa shape index (κ3) is 5.07. The van der Waals surface area contributed by atoms with Crippen molar-refractivity contribution in [1.29, 1.82) is 0 Å². The average Bonchev–Trinajstić information content (AvgIpc) is 2.78. The molecule has 1 heterocycles. The predicted molar refractivity (Wildman–Crippen MR) is 124 cm³/mol. The van der Waals surface area contributed by atoms with E-state index in [0.29, 0.717) is 46.6 Å². The van der Waals surface area contributed by atoms with Gasteiger partial charge in [-0.05, 0) is 24.0 Å². The first-order valence-corrected chi connectivity index (χ1v) is 11.0. The number of hydrogen-bond donors (Lipinski definition) is 2. The molecule has 0 aliphatic rings. The number of ether oxygens (including phenoxy) is 2. The maximum Gasteiger partial charge on any atom is 0.259 e. The number of fused-ring (bicyclic) bond motifs is 1. The average molecular weight is 425 g/mol. The Labute approximate surface area is 184 Å². The van der Waals surface area contributed by atoms with E-state index in [4.69, 9.17) is 9.47 Å². The molecule has 1 aromatic heterocycles. The van der Waals surface area contributed by atoms with Gasteiger partial charge in [0.15, 0.2) is 17.3 Å². The number of aromatic amines is 1. The van der Waals surface area contributed by atoms with E-state index in [1.165, 1.54) is 11.1 Å². The van der Waals surface area contributed by atoms with Crippen LogP contribution in [0, 0.1) is 5.92 Å². The van der Waals surface area contributed by atoms with Crippen LogP contribution in [-0.4, -0.2) is 24.2 Å². The minimum absolute atomic E-state index is 0.173. The van der Waals surface area contributed by atoms with E-state index in [9.17, 15) is 4.79 Å². The molecule has 31 heavy (non-hydrogen) atoms. The van der Waals surface area contributed by atoms with Crippen LogP contribution < -0.4 is 20.3 Å². The molecular formula is C25H34N3O3+. The summed E-state index contributed by atoms with van der Waals surface area (Å²) >= 11 is 0. The number of nitrogens with one attached hydrogen (secondary N) is 1. The molecule has 166 valence electrons. The Kier molecular flexibility index (Phi) is 7.33. The van der Waals surface area contributed by atoms with Crippen molar-refractivity contribution in [1.82, 2.24) is 9.97 Å². The molecule has 0 saturated heterocycles. The second kappa shape index (κ2) is 9.96. The van der Waals surface area contributed by atoms with Gasteiger partial charge in [0.25, 0.3) is 5.56 Å². The minimum Gasteiger partial charge on any atom is -0.493 e. The summed E-state index contributed by atoms with van der Waals surface area (Å²) in [6.07, 6.45) is 1.14. The number of nitrogens with zero attached hydrogens (tertiary/aromatic N) is 1. The van der Waals surface area contributed by atoms with E-state index in [0.717, 1.165) is 6.42 Å². The van der Waals surface area contributed by atoms with Crippen LogP contribution in [0.25, 0.3) is 10.9 Å². The van der Waals surface area contributed by atoms with Crippen LogP contribution in [0.3, 0.4) is 0 Å². The minimum atomic E-state index is -0.173. The van der Waals surface area contributed by atoms with Crippen LogP contribution in [0.15, 0.2) is 41.2 Å². The second-order valence-corrected chi connectivity index (χ2v) is 8.42. The first kappa shape index (κ1) is 22.8. The van der Waals surface area contributed by atoms with E-state index in [2.05, 4.69) is 67.2 Å². The van der Waals surface area contributed by atoms with E-state index < -0.39 is 0 Å². The third-order valence-electron chi connectivity index (χ3n) is 6.05. The Morgan fingerprint density at radius 3 is 2.19 bits per heavy atom. The van der Waals surface area contributed by atoms with Gasteiger partial charge in [0.05, 0.1) is 25.1 Å². The monoisotopic (exact) mass is 424 g/mol. The Morgan fingerprint density at radius 2 is 1.61 bits per heavy atom. The fraction of sp³-hybridized carbons (Fsp3) is 0.440. The van der Waals surface area contributed by atoms with E-state index in [-0.39, 0.29) is 11.6 Å². The van der Waals surface area contributed by atoms with Gasteiger partial charge in [0.2, 0.25) is 0 Å². The lowest BCUT2D eigenvalue weighted by Crippen LogP contribution is -2.85. The van der Waals surface area contributed by atoms with Gasteiger partial charge in [-0.1, -0.05) is 52.0 Å². The number of H-pyrrole nitrogens is 1. The number of nitrogens with two attached hydrogens (primary N) is 1. The first-order chi connectivity index (χ1) is 14.9. The summed E-state index contributed by atoms with van der Waals surface area (Å²) in [6, 6.07) is 12.6. The van der Waals surface area contributed by atoms with Gasteiger partial charge in [-0.15, -0.1) is 0 Å². The number of rotatable bonds is 9. The standard InChI is InChI=1S/C25H33N3O3/c1-7-16(4)17-8-10-18(11-9-17)24(15(2)3)26-14-23-27-20-13-22(31-6)21(30-5)12-19(20)25(29)28-23/h8-13,15-16,24,26H,7,14H2,1-6H3,(H,27,28,29)/p+1/t16-,24-/m0/s1. The normalized spacial score (nSPS) is 13.4. The van der Waals surface area contributed by atoms with Gasteiger partial charge in [0, 0.05) is 17.5 Å². The molecule has 0 amide bonds. The zero-order chi connectivity index (χ0) is 22.5. The molecule has 2 atom stereocenters. The summed E-state index contributed by atoms with van der Waals surface area (Å²) in [5.74, 6) is 2.72. The Hall–Kier alpha value is -2.86. The predicted octanol–water partition coefficient (Wildman–Crippen LogP) is 3.91. The molecule has 0 saturated carbocycles. The Balaban J connectivity index is 1.84. The summed E-state index contributed by atoms with van der Waals surface area (Å²) in [6.45, 7) is 9.49. The summed E-state index contributed by atoms with van der Waals surface area (Å²) in [5.41, 5.74) is 3.09. The Morgan fingerprint density at radius 1 is 1.00 bits per heavy atom. The van der Waals surface area contributed by atoms with Gasteiger partial charge < -0.3 is 19.8 Å². The van der Waals surface area contributed by atoms with Crippen LogP contribution in [0.1, 0.15) is 63.0 Å². The molecule has 6 heteroatoms. The van der Waals surface area contributed by atoms with Crippen molar-refractivity contribution >= 4 is 10.9 Å². The van der Waals surface area contributed by atoms with Crippen molar-refractivity contribution in [3.63, 3.8) is 0 Å². The summed E-state index contributed by atoms with van der Waals surface area (Å²) in [7, 11) is 3.13. The molecule has 0 spiro atoms. The number of hydrogen-bond acceptors (Lipinski definition) is 4. The molecule has 3 N–H and O–H groups in total. The van der Waals surface area contributed by atoms with Crippen LogP contribution >= 0.6 is 0 Å². The van der Waals surface area contributed by atoms with Crippen molar-refractivity contribution in [2.75, 3.05) is 14.2 Å². The van der Waals surface area contributed by atoms with Gasteiger partial charge in [-0.2, -0.15) is 0 Å². The number of methoxy groups -OCH3 is 2. The molecule has 0 fully saturated rings. The zero-order valence-electron chi connectivity index (χ0n) is 19.4. The van der Waals surface area contributed by atoms with Crippen molar-refractivity contribution in [2.45, 2.75) is 52.6 Å². The van der Waals surface area contributed by atoms with E-state index in [1.807, 2.05) is 0 Å². The van der Waals surface area contributed by atoms with Gasteiger partial charge in [-0.25, -0.2) is 4.98 Å². The zero-order valence-corrected chi connectivity index (χ0v) is 19.4. The maximum absolute atomic E-state index is 12.6. The second-order valence-electron chi connectivity index (χ2n) is 8.42. The largest absolute Gasteiger partial charge is 0.493 e. The molecule has 0 unspecified atom stereocenters. The summed E-state index contributed by atoms with van der Waals surface area (Å²) in [5, 5.41) is 2.73. The fourth-order valence-electron chi connectivity index (χ4n) is 3.93. The summed E-state index contributed by atoms with van der Waals surface area (Å²) < 4.78 is 10.7. The fourth-order valence-corrected chi connectivity index (χ4v) is 3.93. The highest BCUT2D eigenvalue weighted by Gasteiger charge is 2.20. The SMILES string of the molecule is CC[C@H](C)c1ccc([C@@H]([NH2+]Cc2nc3cc(OC)c(OC)cc3c(=O)[nH]2)C(C)C)cc1. The van der Waals surface area contributed by atoms with Crippen molar-refractivity contribution < 1.29 is 14.8 Å². The van der Waals surface area contributed by atoms with Crippen LogP contribution in [0.2, 0.25) is 0 Å². The molecule has 0 bridgehead atoms. The molecule has 0 radical (unpaired) electrons. The van der Waals surface area contributed by atoms with Crippen molar-refractivity contribution in [3.05, 3.63) is 63.7 Å². The third-order valence-corrected chi connectivity index (χ3v) is 6.05. The van der Waals surface area contributed by atoms with Gasteiger partial charge >= 0.3 is 0 Å². The topological polar surface area (TPSA) is 80.8 Å². The van der Waals surface area contributed by atoms with Crippen LogP contribution in [-0.2, 0) is 6.54 Å². The molecular weight excluding hydrogens is 390 g/mol. The molecule has 0 aliphatic carbocycles. The van der Waals surface area contributed by atoms with Gasteiger partial charge in [-0.3, -0.25) is 4.79 Å². The smallest absolute Gasteiger partial charge is 0.259 e. The molecule has 6 nitrogen and oxygen atoms in total. The van der Waals surface area contributed by atoms with Crippen molar-refractivity contribution in [3.8, 4) is 11.5 Å². The Bertz CT molecular complexity index is 1070. The number of quaternary nitrogens is 1. The quantitative estimate of drug-likeness (QED) is 0.546. The van der Waals surface area contributed by atoms with Crippen molar-refractivity contribution in [2.24, 2.45) is 5.92 Å². The van der Waals surface area contributed by atoms with E-state index >= 15 is 0 Å². The molecule has 0 aliphatic heterocycles. The van der Waals surface area contributed by atoms with Crippen LogP contribution in [0.5, 0.6) is 11.5 Å².